The normalized spacial score (nSPS) is 11.0. The van der Waals surface area contributed by atoms with E-state index in [1.54, 1.807) is 31.2 Å². The van der Waals surface area contributed by atoms with E-state index in [2.05, 4.69) is 15.5 Å². The molecule has 0 saturated heterocycles. The molecule has 0 fully saturated rings. The maximum absolute atomic E-state index is 12.5. The van der Waals surface area contributed by atoms with Gasteiger partial charge in [0, 0.05) is 34.7 Å². The second-order valence-corrected chi connectivity index (χ2v) is 6.31. The predicted octanol–water partition coefficient (Wildman–Crippen LogP) is 4.29. The number of anilines is 1. The summed E-state index contributed by atoms with van der Waals surface area (Å²) in [4.78, 5) is 12.5. The van der Waals surface area contributed by atoms with Crippen LogP contribution in [-0.4, -0.2) is 20.7 Å². The van der Waals surface area contributed by atoms with Gasteiger partial charge in [0.05, 0.1) is 5.56 Å². The van der Waals surface area contributed by atoms with Crippen molar-refractivity contribution in [2.24, 2.45) is 0 Å². The standard InChI is InChI=1S/C19H15ClN4O2/c1-12-22-23-19(26-12)16-10-24(17-8-3-2-7-15(16)17)11-18(25)21-14-6-4-5-13(20)9-14/h2-10H,11H2,1H3,(H,21,25). The Kier molecular flexibility index (Phi) is 4.18. The van der Waals surface area contributed by atoms with Gasteiger partial charge in [0.2, 0.25) is 17.7 Å². The first-order valence-corrected chi connectivity index (χ1v) is 8.42. The summed E-state index contributed by atoms with van der Waals surface area (Å²) in [5.74, 6) is 0.782. The Morgan fingerprint density at radius 2 is 2.04 bits per heavy atom. The van der Waals surface area contributed by atoms with Crippen molar-refractivity contribution in [2.75, 3.05) is 5.32 Å². The molecular formula is C19H15ClN4O2. The summed E-state index contributed by atoms with van der Waals surface area (Å²) in [5.41, 5.74) is 2.38. The van der Waals surface area contributed by atoms with E-state index in [1.807, 2.05) is 35.0 Å². The molecule has 4 aromatic rings. The first kappa shape index (κ1) is 16.4. The fourth-order valence-corrected chi connectivity index (χ4v) is 3.07. The van der Waals surface area contributed by atoms with E-state index in [9.17, 15) is 4.79 Å². The highest BCUT2D eigenvalue weighted by Crippen LogP contribution is 2.29. The molecule has 0 unspecified atom stereocenters. The topological polar surface area (TPSA) is 73.0 Å². The Bertz CT molecular complexity index is 1100. The van der Waals surface area contributed by atoms with E-state index >= 15 is 0 Å². The van der Waals surface area contributed by atoms with Gasteiger partial charge in [-0.1, -0.05) is 35.9 Å². The quantitative estimate of drug-likeness (QED) is 0.584. The molecule has 6 nitrogen and oxygen atoms in total. The van der Waals surface area contributed by atoms with Crippen LogP contribution in [0.15, 0.2) is 59.1 Å². The second-order valence-electron chi connectivity index (χ2n) is 5.87. The summed E-state index contributed by atoms with van der Waals surface area (Å²) in [6, 6.07) is 14.8. The minimum Gasteiger partial charge on any atom is -0.421 e. The Morgan fingerprint density at radius 1 is 1.19 bits per heavy atom. The average Bonchev–Trinajstić information content (AvgIpc) is 3.19. The number of hydrogen-bond acceptors (Lipinski definition) is 4. The zero-order valence-electron chi connectivity index (χ0n) is 13.9. The van der Waals surface area contributed by atoms with Crippen molar-refractivity contribution in [1.29, 1.82) is 0 Å². The van der Waals surface area contributed by atoms with Crippen molar-refractivity contribution in [1.82, 2.24) is 14.8 Å². The van der Waals surface area contributed by atoms with Gasteiger partial charge < -0.3 is 14.3 Å². The van der Waals surface area contributed by atoms with Gasteiger partial charge in [0.25, 0.3) is 0 Å². The SMILES string of the molecule is Cc1nnc(-c2cn(CC(=O)Nc3cccc(Cl)c3)c3ccccc23)o1. The number of aryl methyl sites for hydroxylation is 1. The monoisotopic (exact) mass is 366 g/mol. The van der Waals surface area contributed by atoms with E-state index in [0.717, 1.165) is 16.5 Å². The molecule has 130 valence electrons. The number of rotatable bonds is 4. The lowest BCUT2D eigenvalue weighted by atomic mass is 10.2. The van der Waals surface area contributed by atoms with Crippen molar-refractivity contribution in [3.8, 4) is 11.5 Å². The number of fused-ring (bicyclic) bond motifs is 1. The number of halogens is 1. The van der Waals surface area contributed by atoms with E-state index in [1.165, 1.54) is 0 Å². The molecule has 2 aromatic heterocycles. The van der Waals surface area contributed by atoms with Gasteiger partial charge in [-0.2, -0.15) is 0 Å². The molecule has 0 atom stereocenters. The zero-order valence-corrected chi connectivity index (χ0v) is 14.7. The predicted molar refractivity (Wildman–Crippen MR) is 100 cm³/mol. The smallest absolute Gasteiger partial charge is 0.249 e. The van der Waals surface area contributed by atoms with Gasteiger partial charge in [-0.3, -0.25) is 4.79 Å². The van der Waals surface area contributed by atoms with Crippen LogP contribution in [0.25, 0.3) is 22.4 Å². The van der Waals surface area contributed by atoms with E-state index in [-0.39, 0.29) is 12.5 Å². The second kappa shape index (κ2) is 6.65. The average molecular weight is 367 g/mol. The van der Waals surface area contributed by atoms with Gasteiger partial charge in [-0.05, 0) is 24.3 Å². The van der Waals surface area contributed by atoms with Gasteiger partial charge in [0.1, 0.15) is 6.54 Å². The highest BCUT2D eigenvalue weighted by Gasteiger charge is 2.16. The van der Waals surface area contributed by atoms with Crippen LogP contribution in [-0.2, 0) is 11.3 Å². The van der Waals surface area contributed by atoms with Gasteiger partial charge in [-0.15, -0.1) is 10.2 Å². The first-order chi connectivity index (χ1) is 12.6. The Hall–Kier alpha value is -3.12. The molecule has 26 heavy (non-hydrogen) atoms. The van der Waals surface area contributed by atoms with Crippen LogP contribution in [0.1, 0.15) is 5.89 Å². The van der Waals surface area contributed by atoms with Crippen molar-refractivity contribution < 1.29 is 9.21 Å². The highest BCUT2D eigenvalue weighted by molar-refractivity contribution is 6.30. The summed E-state index contributed by atoms with van der Waals surface area (Å²) in [6.45, 7) is 1.90. The Balaban J connectivity index is 1.65. The van der Waals surface area contributed by atoms with Crippen LogP contribution in [0, 0.1) is 6.92 Å². The lowest BCUT2D eigenvalue weighted by Crippen LogP contribution is -2.18. The third kappa shape index (κ3) is 3.19. The molecule has 4 rings (SSSR count). The fraction of sp³-hybridized carbons (Fsp3) is 0.105. The lowest BCUT2D eigenvalue weighted by Gasteiger charge is -2.07. The molecule has 0 bridgehead atoms. The van der Waals surface area contributed by atoms with E-state index in [0.29, 0.717) is 22.5 Å². The summed E-state index contributed by atoms with van der Waals surface area (Å²) in [7, 11) is 0. The number of para-hydroxylation sites is 1. The highest BCUT2D eigenvalue weighted by atomic mass is 35.5. The number of hydrogen-bond donors (Lipinski definition) is 1. The van der Waals surface area contributed by atoms with Crippen molar-refractivity contribution in [3.63, 3.8) is 0 Å². The molecule has 0 aliphatic heterocycles. The third-order valence-electron chi connectivity index (χ3n) is 3.97. The molecule has 2 heterocycles. The summed E-state index contributed by atoms with van der Waals surface area (Å²) >= 11 is 5.96. The fourth-order valence-electron chi connectivity index (χ4n) is 2.87. The number of nitrogens with zero attached hydrogens (tertiary/aromatic N) is 3. The maximum Gasteiger partial charge on any atom is 0.249 e. The molecule has 0 spiro atoms. The zero-order chi connectivity index (χ0) is 18.1. The molecule has 1 N–H and O–H groups in total. The van der Waals surface area contributed by atoms with Crippen LogP contribution in [0.5, 0.6) is 0 Å². The molecule has 0 aliphatic rings. The van der Waals surface area contributed by atoms with Crippen molar-refractivity contribution in [3.05, 3.63) is 65.6 Å². The maximum atomic E-state index is 12.5. The Morgan fingerprint density at radius 3 is 2.81 bits per heavy atom. The van der Waals surface area contributed by atoms with Gasteiger partial charge in [0.15, 0.2) is 0 Å². The minimum atomic E-state index is -0.152. The molecule has 0 radical (unpaired) electrons. The summed E-state index contributed by atoms with van der Waals surface area (Å²) in [6.07, 6.45) is 1.86. The van der Waals surface area contributed by atoms with Crippen LogP contribution in [0.2, 0.25) is 5.02 Å². The molecule has 0 aliphatic carbocycles. The largest absolute Gasteiger partial charge is 0.421 e. The molecule has 1 amide bonds. The van der Waals surface area contributed by atoms with Gasteiger partial charge >= 0.3 is 0 Å². The van der Waals surface area contributed by atoms with Crippen LogP contribution < -0.4 is 5.32 Å². The van der Waals surface area contributed by atoms with E-state index < -0.39 is 0 Å². The van der Waals surface area contributed by atoms with Crippen LogP contribution >= 0.6 is 11.6 Å². The lowest BCUT2D eigenvalue weighted by molar-refractivity contribution is -0.116. The Labute approximate surface area is 154 Å². The number of carbonyl (C=O) groups is 1. The van der Waals surface area contributed by atoms with Crippen molar-refractivity contribution >= 4 is 34.1 Å². The van der Waals surface area contributed by atoms with E-state index in [4.69, 9.17) is 16.0 Å². The number of nitrogens with one attached hydrogen (secondary N) is 1. The van der Waals surface area contributed by atoms with Crippen molar-refractivity contribution in [2.45, 2.75) is 13.5 Å². The number of amides is 1. The summed E-state index contributed by atoms with van der Waals surface area (Å²) in [5, 5.41) is 12.4. The number of aromatic nitrogens is 3. The first-order valence-electron chi connectivity index (χ1n) is 8.04. The molecular weight excluding hydrogens is 352 g/mol. The minimum absolute atomic E-state index is 0.152. The molecule has 0 saturated carbocycles. The third-order valence-corrected chi connectivity index (χ3v) is 4.20. The molecule has 7 heteroatoms. The number of carbonyl (C=O) groups excluding carboxylic acids is 1. The number of benzene rings is 2. The van der Waals surface area contributed by atoms with Crippen LogP contribution in [0.3, 0.4) is 0 Å². The summed E-state index contributed by atoms with van der Waals surface area (Å²) < 4.78 is 7.42. The van der Waals surface area contributed by atoms with Gasteiger partial charge in [-0.25, -0.2) is 0 Å². The van der Waals surface area contributed by atoms with Crippen LogP contribution in [0.4, 0.5) is 5.69 Å². The molecule has 2 aromatic carbocycles.